The number of aromatic nitrogens is 1. The summed E-state index contributed by atoms with van der Waals surface area (Å²) in [5, 5.41) is 2.10. The van der Waals surface area contributed by atoms with Gasteiger partial charge in [-0.05, 0) is 30.9 Å². The summed E-state index contributed by atoms with van der Waals surface area (Å²) in [6.07, 6.45) is 2.08. The van der Waals surface area contributed by atoms with E-state index in [1.165, 1.54) is 5.56 Å². The first kappa shape index (κ1) is 15.2. The van der Waals surface area contributed by atoms with Crippen LogP contribution in [0.15, 0.2) is 54.7 Å². The van der Waals surface area contributed by atoms with Gasteiger partial charge in [0.15, 0.2) is 0 Å². The maximum atomic E-state index is 11.8. The molecular formula is C20H19NO2. The Morgan fingerprint density at radius 3 is 2.57 bits per heavy atom. The first-order chi connectivity index (χ1) is 11.2. The summed E-state index contributed by atoms with van der Waals surface area (Å²) in [6, 6.07) is 16.3. The summed E-state index contributed by atoms with van der Waals surface area (Å²) < 4.78 is 5.07. The van der Waals surface area contributed by atoms with Crippen molar-refractivity contribution in [1.82, 2.24) is 4.98 Å². The molecule has 3 aromatic rings. The average Bonchev–Trinajstić information content (AvgIpc) is 2.56. The van der Waals surface area contributed by atoms with Gasteiger partial charge >= 0.3 is 5.97 Å². The van der Waals surface area contributed by atoms with Crippen molar-refractivity contribution in [3.63, 3.8) is 0 Å². The van der Waals surface area contributed by atoms with E-state index in [0.29, 0.717) is 6.61 Å². The van der Waals surface area contributed by atoms with Gasteiger partial charge in [-0.25, -0.2) is 0 Å². The van der Waals surface area contributed by atoms with Crippen LogP contribution in [0, 0.1) is 6.92 Å². The smallest absolute Gasteiger partial charge is 0.310 e. The van der Waals surface area contributed by atoms with Crippen molar-refractivity contribution < 1.29 is 9.53 Å². The minimum atomic E-state index is -0.200. The Hall–Kier alpha value is -2.68. The van der Waals surface area contributed by atoms with Crippen molar-refractivity contribution in [2.75, 3.05) is 6.61 Å². The second-order valence-corrected chi connectivity index (χ2v) is 5.52. The fraction of sp³-hybridized carbons (Fsp3) is 0.200. The molecule has 2 aromatic carbocycles. The van der Waals surface area contributed by atoms with E-state index in [4.69, 9.17) is 4.74 Å². The minimum absolute atomic E-state index is 0.200. The van der Waals surface area contributed by atoms with Crippen molar-refractivity contribution >= 4 is 16.7 Å². The second-order valence-electron chi connectivity index (χ2n) is 5.52. The molecule has 3 rings (SSSR count). The number of nitrogens with zero attached hydrogens (tertiary/aromatic N) is 1. The van der Waals surface area contributed by atoms with Gasteiger partial charge in [-0.15, -0.1) is 0 Å². The van der Waals surface area contributed by atoms with E-state index >= 15 is 0 Å². The summed E-state index contributed by atoms with van der Waals surface area (Å²) in [6.45, 7) is 4.29. The third kappa shape index (κ3) is 3.24. The molecule has 0 bridgehead atoms. The molecule has 0 aliphatic heterocycles. The predicted molar refractivity (Wildman–Crippen MR) is 92.3 cm³/mol. The van der Waals surface area contributed by atoms with Gasteiger partial charge in [0.25, 0.3) is 0 Å². The second kappa shape index (κ2) is 6.61. The van der Waals surface area contributed by atoms with E-state index in [0.717, 1.165) is 27.6 Å². The molecule has 0 fully saturated rings. The van der Waals surface area contributed by atoms with Crippen molar-refractivity contribution in [2.45, 2.75) is 20.3 Å². The highest BCUT2D eigenvalue weighted by Crippen LogP contribution is 2.28. The van der Waals surface area contributed by atoms with Crippen molar-refractivity contribution in [2.24, 2.45) is 0 Å². The lowest BCUT2D eigenvalue weighted by Crippen LogP contribution is -2.07. The number of carbonyl (C=O) groups excluding carboxylic acids is 1. The number of benzene rings is 2. The van der Waals surface area contributed by atoms with Gasteiger partial charge in [-0.2, -0.15) is 0 Å². The van der Waals surface area contributed by atoms with E-state index in [2.05, 4.69) is 36.2 Å². The third-order valence-electron chi connectivity index (χ3n) is 3.86. The lowest BCUT2D eigenvalue weighted by Gasteiger charge is -2.10. The van der Waals surface area contributed by atoms with Crippen LogP contribution in [-0.4, -0.2) is 17.6 Å². The van der Waals surface area contributed by atoms with E-state index in [9.17, 15) is 4.79 Å². The lowest BCUT2D eigenvalue weighted by molar-refractivity contribution is -0.142. The highest BCUT2D eigenvalue weighted by Gasteiger charge is 2.11. The summed E-state index contributed by atoms with van der Waals surface area (Å²) in [5.41, 5.74) is 4.20. The van der Waals surface area contributed by atoms with Gasteiger partial charge < -0.3 is 4.74 Å². The zero-order valence-corrected chi connectivity index (χ0v) is 13.4. The van der Waals surface area contributed by atoms with Gasteiger partial charge in [-0.3, -0.25) is 9.78 Å². The molecule has 0 aliphatic rings. The number of esters is 1. The number of carbonyl (C=O) groups is 1. The number of ether oxygens (including phenoxy) is 1. The third-order valence-corrected chi connectivity index (χ3v) is 3.86. The van der Waals surface area contributed by atoms with E-state index in [1.54, 1.807) is 6.20 Å². The van der Waals surface area contributed by atoms with E-state index < -0.39 is 0 Å². The van der Waals surface area contributed by atoms with Crippen LogP contribution in [0.5, 0.6) is 0 Å². The Bertz CT molecular complexity index is 838. The van der Waals surface area contributed by atoms with Crippen LogP contribution in [-0.2, 0) is 16.0 Å². The maximum Gasteiger partial charge on any atom is 0.310 e. The SMILES string of the molecule is CCOC(=O)Cc1cccc2c(-c3ccc(C)cc3)nccc12. The summed E-state index contributed by atoms with van der Waals surface area (Å²) in [5.74, 6) is -0.200. The normalized spacial score (nSPS) is 10.7. The molecule has 0 spiro atoms. The lowest BCUT2D eigenvalue weighted by atomic mass is 9.98. The number of hydrogen-bond acceptors (Lipinski definition) is 3. The zero-order valence-electron chi connectivity index (χ0n) is 13.4. The molecule has 0 saturated carbocycles. The number of hydrogen-bond donors (Lipinski definition) is 0. The van der Waals surface area contributed by atoms with Gasteiger partial charge in [0.05, 0.1) is 18.7 Å². The Morgan fingerprint density at radius 1 is 1.04 bits per heavy atom. The van der Waals surface area contributed by atoms with Gasteiger partial charge in [-0.1, -0.05) is 48.0 Å². The summed E-state index contributed by atoms with van der Waals surface area (Å²) in [7, 11) is 0. The first-order valence-corrected chi connectivity index (χ1v) is 7.78. The Labute approximate surface area is 135 Å². The van der Waals surface area contributed by atoms with Gasteiger partial charge in [0, 0.05) is 17.1 Å². The number of fused-ring (bicyclic) bond motifs is 1. The molecular weight excluding hydrogens is 286 g/mol. The van der Waals surface area contributed by atoms with Crippen molar-refractivity contribution in [3.8, 4) is 11.3 Å². The van der Waals surface area contributed by atoms with Crippen LogP contribution < -0.4 is 0 Å². The maximum absolute atomic E-state index is 11.8. The molecule has 3 nitrogen and oxygen atoms in total. The largest absolute Gasteiger partial charge is 0.466 e. The molecule has 116 valence electrons. The van der Waals surface area contributed by atoms with Gasteiger partial charge in [0.1, 0.15) is 0 Å². The molecule has 3 heteroatoms. The molecule has 0 aliphatic carbocycles. The van der Waals surface area contributed by atoms with E-state index in [1.807, 2.05) is 31.2 Å². The highest BCUT2D eigenvalue weighted by atomic mass is 16.5. The van der Waals surface area contributed by atoms with E-state index in [-0.39, 0.29) is 12.4 Å². The molecule has 0 N–H and O–H groups in total. The topological polar surface area (TPSA) is 39.2 Å². The summed E-state index contributed by atoms with van der Waals surface area (Å²) >= 11 is 0. The predicted octanol–water partition coefficient (Wildman–Crippen LogP) is 4.32. The number of aryl methyl sites for hydroxylation is 1. The Balaban J connectivity index is 2.08. The standard InChI is InChI=1S/C20H19NO2/c1-3-23-19(22)13-16-5-4-6-18-17(16)11-12-21-20(18)15-9-7-14(2)8-10-15/h4-12H,3,13H2,1-2H3. The highest BCUT2D eigenvalue weighted by molar-refractivity contribution is 5.97. The molecule has 0 radical (unpaired) electrons. The molecule has 0 amide bonds. The monoisotopic (exact) mass is 305 g/mol. The molecule has 1 aromatic heterocycles. The van der Waals surface area contributed by atoms with Crippen molar-refractivity contribution in [3.05, 3.63) is 65.9 Å². The van der Waals surface area contributed by atoms with Crippen LogP contribution in [0.4, 0.5) is 0 Å². The van der Waals surface area contributed by atoms with Crippen LogP contribution in [0.3, 0.4) is 0 Å². The Kier molecular flexibility index (Phi) is 4.38. The fourth-order valence-electron chi connectivity index (χ4n) is 2.74. The van der Waals surface area contributed by atoms with Gasteiger partial charge in [0.2, 0.25) is 0 Å². The number of pyridine rings is 1. The molecule has 1 heterocycles. The average molecular weight is 305 g/mol. The van der Waals surface area contributed by atoms with Crippen LogP contribution in [0.25, 0.3) is 22.0 Å². The quantitative estimate of drug-likeness (QED) is 0.674. The van der Waals surface area contributed by atoms with Crippen molar-refractivity contribution in [1.29, 1.82) is 0 Å². The Morgan fingerprint density at radius 2 is 1.83 bits per heavy atom. The minimum Gasteiger partial charge on any atom is -0.466 e. The molecule has 0 atom stereocenters. The first-order valence-electron chi connectivity index (χ1n) is 7.78. The number of rotatable bonds is 4. The molecule has 23 heavy (non-hydrogen) atoms. The zero-order chi connectivity index (χ0) is 16.2. The van der Waals surface area contributed by atoms with Crippen LogP contribution >= 0.6 is 0 Å². The molecule has 0 unspecified atom stereocenters. The van der Waals surface area contributed by atoms with Crippen LogP contribution in [0.2, 0.25) is 0 Å². The summed E-state index contributed by atoms with van der Waals surface area (Å²) in [4.78, 5) is 16.4. The molecule has 0 saturated heterocycles. The fourth-order valence-corrected chi connectivity index (χ4v) is 2.74. The van der Waals surface area contributed by atoms with Crippen LogP contribution in [0.1, 0.15) is 18.1 Å².